The predicted molar refractivity (Wildman–Crippen MR) is 93.0 cm³/mol. The van der Waals surface area contributed by atoms with Gasteiger partial charge in [0.15, 0.2) is 0 Å². The van der Waals surface area contributed by atoms with Gasteiger partial charge in [0.1, 0.15) is 5.82 Å². The van der Waals surface area contributed by atoms with Gasteiger partial charge < -0.3 is 0 Å². The van der Waals surface area contributed by atoms with Gasteiger partial charge in [-0.2, -0.15) is 0 Å². The maximum atomic E-state index is 13.8. The molecule has 1 heterocycles. The fraction of sp³-hybridized carbons (Fsp3) is 0.368. The summed E-state index contributed by atoms with van der Waals surface area (Å²) >= 11 is 5.94. The van der Waals surface area contributed by atoms with Crippen LogP contribution >= 0.6 is 11.6 Å². The Morgan fingerprint density at radius 3 is 2.17 bits per heavy atom. The molecule has 0 N–H and O–H groups in total. The van der Waals surface area contributed by atoms with E-state index >= 15 is 0 Å². The van der Waals surface area contributed by atoms with Gasteiger partial charge in [-0.05, 0) is 43.3 Å². The average molecular weight is 333 g/mol. The first-order valence-corrected chi connectivity index (χ1v) is 8.51. The molecule has 4 heteroatoms. The highest BCUT2D eigenvalue weighted by atomic mass is 35.5. The minimum absolute atomic E-state index is 0.102. The molecule has 0 spiro atoms. The lowest BCUT2D eigenvalue weighted by molar-refractivity contribution is 0.245. The summed E-state index contributed by atoms with van der Waals surface area (Å²) in [5.41, 5.74) is 2.08. The zero-order valence-electron chi connectivity index (χ0n) is 13.2. The molecular weight excluding hydrogens is 311 g/mol. The van der Waals surface area contributed by atoms with E-state index in [4.69, 9.17) is 11.6 Å². The SMILES string of the molecule is Fc1ccccc1CN1CCCN(Cc2ccc(Cl)cc2)CC1. The molecule has 2 nitrogen and oxygen atoms in total. The second-order valence-corrected chi connectivity index (χ2v) is 6.56. The molecule has 0 saturated carbocycles. The number of benzene rings is 2. The summed E-state index contributed by atoms with van der Waals surface area (Å²) in [4.78, 5) is 4.81. The van der Waals surface area contributed by atoms with E-state index in [1.165, 1.54) is 5.56 Å². The number of hydrogen-bond acceptors (Lipinski definition) is 2. The van der Waals surface area contributed by atoms with Crippen LogP contribution in [0.5, 0.6) is 0 Å². The van der Waals surface area contributed by atoms with Crippen LogP contribution in [-0.2, 0) is 13.1 Å². The highest BCUT2D eigenvalue weighted by Crippen LogP contribution is 2.15. The van der Waals surface area contributed by atoms with Crippen LogP contribution in [0.15, 0.2) is 48.5 Å². The Hall–Kier alpha value is -1.42. The van der Waals surface area contributed by atoms with Gasteiger partial charge in [-0.15, -0.1) is 0 Å². The van der Waals surface area contributed by atoms with E-state index in [1.807, 2.05) is 24.3 Å². The Bertz CT molecular complexity index is 630. The van der Waals surface area contributed by atoms with E-state index in [-0.39, 0.29) is 5.82 Å². The van der Waals surface area contributed by atoms with Crippen LogP contribution in [0.2, 0.25) is 5.02 Å². The van der Waals surface area contributed by atoms with Crippen LogP contribution in [0, 0.1) is 5.82 Å². The lowest BCUT2D eigenvalue weighted by Gasteiger charge is -2.22. The van der Waals surface area contributed by atoms with Crippen LogP contribution in [-0.4, -0.2) is 36.0 Å². The Kier molecular flexibility index (Phi) is 5.65. The molecule has 23 heavy (non-hydrogen) atoms. The summed E-state index contributed by atoms with van der Waals surface area (Å²) < 4.78 is 13.8. The van der Waals surface area contributed by atoms with Gasteiger partial charge in [0.25, 0.3) is 0 Å². The zero-order chi connectivity index (χ0) is 16.1. The van der Waals surface area contributed by atoms with Gasteiger partial charge in [-0.3, -0.25) is 9.80 Å². The molecule has 0 aromatic heterocycles. The molecule has 0 unspecified atom stereocenters. The number of rotatable bonds is 4. The molecule has 1 saturated heterocycles. The normalized spacial score (nSPS) is 17.1. The third kappa shape index (κ3) is 4.77. The molecule has 122 valence electrons. The van der Waals surface area contributed by atoms with Crippen LogP contribution in [0.1, 0.15) is 17.5 Å². The summed E-state index contributed by atoms with van der Waals surface area (Å²) in [6.45, 7) is 5.73. The van der Waals surface area contributed by atoms with Crippen LogP contribution in [0.25, 0.3) is 0 Å². The molecule has 0 bridgehead atoms. The second-order valence-electron chi connectivity index (χ2n) is 6.12. The summed E-state index contributed by atoms with van der Waals surface area (Å²) in [7, 11) is 0. The van der Waals surface area contributed by atoms with E-state index < -0.39 is 0 Å². The topological polar surface area (TPSA) is 6.48 Å². The molecule has 0 atom stereocenters. The molecule has 2 aromatic carbocycles. The average Bonchev–Trinajstić information content (AvgIpc) is 2.77. The molecular formula is C19H22ClFN2. The first-order chi connectivity index (χ1) is 11.2. The van der Waals surface area contributed by atoms with Crippen molar-refractivity contribution in [2.75, 3.05) is 26.2 Å². The summed E-state index contributed by atoms with van der Waals surface area (Å²) in [5, 5.41) is 0.778. The Morgan fingerprint density at radius 1 is 0.826 bits per heavy atom. The van der Waals surface area contributed by atoms with Gasteiger partial charge in [0.2, 0.25) is 0 Å². The molecule has 0 amide bonds. The smallest absolute Gasteiger partial charge is 0.127 e. The predicted octanol–water partition coefficient (Wildman–Crippen LogP) is 4.19. The molecule has 3 rings (SSSR count). The van der Waals surface area contributed by atoms with Gasteiger partial charge in [-0.25, -0.2) is 4.39 Å². The van der Waals surface area contributed by atoms with E-state index in [9.17, 15) is 4.39 Å². The summed E-state index contributed by atoms with van der Waals surface area (Å²) in [6, 6.07) is 15.1. The third-order valence-corrected chi connectivity index (χ3v) is 4.60. The molecule has 1 aliphatic rings. The van der Waals surface area contributed by atoms with Gasteiger partial charge in [0, 0.05) is 36.8 Å². The molecule has 2 aromatic rings. The van der Waals surface area contributed by atoms with E-state index in [0.29, 0.717) is 6.54 Å². The minimum Gasteiger partial charge on any atom is -0.298 e. The Labute approximate surface area is 142 Å². The lowest BCUT2D eigenvalue weighted by atomic mass is 10.2. The quantitative estimate of drug-likeness (QED) is 0.828. The van der Waals surface area contributed by atoms with Gasteiger partial charge in [0.05, 0.1) is 0 Å². The van der Waals surface area contributed by atoms with Crippen molar-refractivity contribution in [3.8, 4) is 0 Å². The maximum absolute atomic E-state index is 13.8. The lowest BCUT2D eigenvalue weighted by Crippen LogP contribution is -2.30. The number of halogens is 2. The van der Waals surface area contributed by atoms with Crippen molar-refractivity contribution in [3.63, 3.8) is 0 Å². The fourth-order valence-corrected chi connectivity index (χ4v) is 3.18. The largest absolute Gasteiger partial charge is 0.298 e. The minimum atomic E-state index is -0.102. The van der Waals surface area contributed by atoms with Crippen molar-refractivity contribution >= 4 is 11.6 Å². The van der Waals surface area contributed by atoms with Crippen LogP contribution in [0.4, 0.5) is 4.39 Å². The molecule has 0 radical (unpaired) electrons. The van der Waals surface area contributed by atoms with E-state index in [1.54, 1.807) is 12.1 Å². The summed E-state index contributed by atoms with van der Waals surface area (Å²) in [5.74, 6) is -0.102. The van der Waals surface area contributed by atoms with Crippen molar-refractivity contribution in [1.29, 1.82) is 0 Å². The van der Waals surface area contributed by atoms with Gasteiger partial charge >= 0.3 is 0 Å². The van der Waals surface area contributed by atoms with Gasteiger partial charge in [-0.1, -0.05) is 41.9 Å². The molecule has 1 aliphatic heterocycles. The molecule has 0 aliphatic carbocycles. The monoisotopic (exact) mass is 332 g/mol. The standard InChI is InChI=1S/C19H22ClFN2/c20-18-8-6-16(7-9-18)14-22-10-3-11-23(13-12-22)15-17-4-1-2-5-19(17)21/h1-2,4-9H,3,10-15H2. The highest BCUT2D eigenvalue weighted by Gasteiger charge is 2.16. The van der Waals surface area contributed by atoms with E-state index in [2.05, 4.69) is 21.9 Å². The zero-order valence-corrected chi connectivity index (χ0v) is 14.0. The summed E-state index contributed by atoms with van der Waals surface area (Å²) in [6.07, 6.45) is 1.11. The second kappa shape index (κ2) is 7.91. The highest BCUT2D eigenvalue weighted by molar-refractivity contribution is 6.30. The van der Waals surface area contributed by atoms with E-state index in [0.717, 1.165) is 49.7 Å². The third-order valence-electron chi connectivity index (χ3n) is 4.35. The Balaban J connectivity index is 1.55. The van der Waals surface area contributed by atoms with Crippen molar-refractivity contribution in [1.82, 2.24) is 9.80 Å². The van der Waals surface area contributed by atoms with Crippen molar-refractivity contribution in [2.45, 2.75) is 19.5 Å². The Morgan fingerprint density at radius 2 is 1.48 bits per heavy atom. The van der Waals surface area contributed by atoms with Crippen molar-refractivity contribution in [2.24, 2.45) is 0 Å². The van der Waals surface area contributed by atoms with Crippen molar-refractivity contribution in [3.05, 3.63) is 70.5 Å². The molecule has 1 fully saturated rings. The first-order valence-electron chi connectivity index (χ1n) is 8.13. The number of hydrogen-bond donors (Lipinski definition) is 0. The number of nitrogens with zero attached hydrogens (tertiary/aromatic N) is 2. The van der Waals surface area contributed by atoms with Crippen LogP contribution in [0.3, 0.4) is 0 Å². The maximum Gasteiger partial charge on any atom is 0.127 e. The van der Waals surface area contributed by atoms with Crippen LogP contribution < -0.4 is 0 Å². The van der Waals surface area contributed by atoms with Crippen molar-refractivity contribution < 1.29 is 4.39 Å². The fourth-order valence-electron chi connectivity index (χ4n) is 3.06. The first kappa shape index (κ1) is 16.4.